The average molecular weight is 202 g/mol. The lowest BCUT2D eigenvalue weighted by Gasteiger charge is -2.17. The van der Waals surface area contributed by atoms with Gasteiger partial charge in [-0.1, -0.05) is 45.0 Å². The molecule has 2 rings (SSSR count). The second-order valence-corrected chi connectivity index (χ2v) is 6.08. The minimum absolute atomic E-state index is 0.454. The predicted molar refractivity (Wildman–Crippen MR) is 66.2 cm³/mol. The maximum absolute atomic E-state index is 2.33. The minimum Gasteiger partial charge on any atom is -0.0602 e. The number of hydrogen-bond donors (Lipinski definition) is 0. The van der Waals surface area contributed by atoms with E-state index in [-0.39, 0.29) is 0 Å². The van der Waals surface area contributed by atoms with Gasteiger partial charge in [0.25, 0.3) is 0 Å². The lowest BCUT2D eigenvalue weighted by Crippen LogP contribution is -2.06. The molecular weight excluding hydrogens is 180 g/mol. The van der Waals surface area contributed by atoms with Crippen LogP contribution in [0, 0.1) is 5.41 Å². The standard InChI is InChI=1S/C15H22/c1-15(2,3)11-10-12-4-6-13(7-5-12)14-8-9-14/h4-7,14H,8-11H2,1-3H3. The third kappa shape index (κ3) is 3.37. The van der Waals surface area contributed by atoms with E-state index in [0.29, 0.717) is 5.41 Å². The fourth-order valence-electron chi connectivity index (χ4n) is 1.89. The Labute approximate surface area is 93.7 Å². The second kappa shape index (κ2) is 4.00. The molecule has 1 aliphatic rings. The van der Waals surface area contributed by atoms with E-state index in [2.05, 4.69) is 45.0 Å². The summed E-state index contributed by atoms with van der Waals surface area (Å²) in [6, 6.07) is 9.30. The van der Waals surface area contributed by atoms with Crippen molar-refractivity contribution >= 4 is 0 Å². The first kappa shape index (κ1) is 10.7. The summed E-state index contributed by atoms with van der Waals surface area (Å²) in [6.07, 6.45) is 5.30. The Bertz CT molecular complexity index is 309. The highest BCUT2D eigenvalue weighted by atomic mass is 14.3. The van der Waals surface area contributed by atoms with E-state index in [9.17, 15) is 0 Å². The van der Waals surface area contributed by atoms with Gasteiger partial charge in [0, 0.05) is 0 Å². The topological polar surface area (TPSA) is 0 Å². The summed E-state index contributed by atoms with van der Waals surface area (Å²) in [6.45, 7) is 6.93. The van der Waals surface area contributed by atoms with Gasteiger partial charge in [0.1, 0.15) is 0 Å². The lowest BCUT2D eigenvalue weighted by atomic mass is 9.88. The van der Waals surface area contributed by atoms with Gasteiger partial charge in [0.15, 0.2) is 0 Å². The van der Waals surface area contributed by atoms with Crippen molar-refractivity contribution in [2.24, 2.45) is 5.41 Å². The molecule has 1 aromatic rings. The largest absolute Gasteiger partial charge is 0.0602 e. The highest BCUT2D eigenvalue weighted by Crippen LogP contribution is 2.40. The number of rotatable bonds is 3. The van der Waals surface area contributed by atoms with Crippen LogP contribution in [0.5, 0.6) is 0 Å². The molecule has 0 atom stereocenters. The van der Waals surface area contributed by atoms with Crippen LogP contribution in [-0.2, 0) is 6.42 Å². The summed E-state index contributed by atoms with van der Waals surface area (Å²) < 4.78 is 0. The van der Waals surface area contributed by atoms with E-state index in [4.69, 9.17) is 0 Å². The van der Waals surface area contributed by atoms with Crippen molar-refractivity contribution in [1.82, 2.24) is 0 Å². The number of aryl methyl sites for hydroxylation is 1. The molecule has 1 aromatic carbocycles. The van der Waals surface area contributed by atoms with Gasteiger partial charge < -0.3 is 0 Å². The summed E-state index contributed by atoms with van der Waals surface area (Å²) in [7, 11) is 0. The third-order valence-electron chi connectivity index (χ3n) is 3.19. The highest BCUT2D eigenvalue weighted by Gasteiger charge is 2.22. The van der Waals surface area contributed by atoms with Crippen LogP contribution >= 0.6 is 0 Å². The monoisotopic (exact) mass is 202 g/mol. The zero-order valence-electron chi connectivity index (χ0n) is 10.2. The molecule has 82 valence electrons. The van der Waals surface area contributed by atoms with E-state index < -0.39 is 0 Å². The Morgan fingerprint density at radius 1 is 1.07 bits per heavy atom. The van der Waals surface area contributed by atoms with E-state index in [1.54, 1.807) is 5.56 Å². The van der Waals surface area contributed by atoms with Crippen LogP contribution in [0.15, 0.2) is 24.3 Å². The average Bonchev–Trinajstić information content (AvgIpc) is 2.98. The summed E-state index contributed by atoms with van der Waals surface area (Å²) in [4.78, 5) is 0. The minimum atomic E-state index is 0.454. The number of hydrogen-bond acceptors (Lipinski definition) is 0. The number of benzene rings is 1. The van der Waals surface area contributed by atoms with E-state index in [0.717, 1.165) is 5.92 Å². The van der Waals surface area contributed by atoms with Gasteiger partial charge in [-0.05, 0) is 48.1 Å². The van der Waals surface area contributed by atoms with Crippen LogP contribution in [0.25, 0.3) is 0 Å². The maximum Gasteiger partial charge on any atom is -0.0162 e. The van der Waals surface area contributed by atoms with Gasteiger partial charge in [0.05, 0.1) is 0 Å². The Morgan fingerprint density at radius 3 is 2.13 bits per heavy atom. The maximum atomic E-state index is 2.33. The van der Waals surface area contributed by atoms with Crippen LogP contribution in [0.3, 0.4) is 0 Å². The van der Waals surface area contributed by atoms with Crippen molar-refractivity contribution in [2.75, 3.05) is 0 Å². The van der Waals surface area contributed by atoms with Crippen molar-refractivity contribution in [3.05, 3.63) is 35.4 Å². The fraction of sp³-hybridized carbons (Fsp3) is 0.600. The Balaban J connectivity index is 1.92. The lowest BCUT2D eigenvalue weighted by molar-refractivity contribution is 0.378. The molecule has 0 N–H and O–H groups in total. The van der Waals surface area contributed by atoms with Gasteiger partial charge in [-0.25, -0.2) is 0 Å². The Morgan fingerprint density at radius 2 is 1.67 bits per heavy atom. The van der Waals surface area contributed by atoms with E-state index >= 15 is 0 Å². The third-order valence-corrected chi connectivity index (χ3v) is 3.19. The molecular formula is C15H22. The second-order valence-electron chi connectivity index (χ2n) is 6.08. The van der Waals surface area contributed by atoms with Crippen molar-refractivity contribution in [3.63, 3.8) is 0 Å². The Kier molecular flexibility index (Phi) is 2.86. The van der Waals surface area contributed by atoms with Crippen LogP contribution in [0.4, 0.5) is 0 Å². The van der Waals surface area contributed by atoms with Crippen LogP contribution in [-0.4, -0.2) is 0 Å². The first-order chi connectivity index (χ1) is 7.04. The molecule has 0 saturated heterocycles. The fourth-order valence-corrected chi connectivity index (χ4v) is 1.89. The van der Waals surface area contributed by atoms with Crippen molar-refractivity contribution < 1.29 is 0 Å². The summed E-state index contributed by atoms with van der Waals surface area (Å²) >= 11 is 0. The van der Waals surface area contributed by atoms with Crippen molar-refractivity contribution in [3.8, 4) is 0 Å². The summed E-state index contributed by atoms with van der Waals surface area (Å²) in [5.41, 5.74) is 3.50. The molecule has 0 heteroatoms. The molecule has 0 radical (unpaired) electrons. The molecule has 0 unspecified atom stereocenters. The molecule has 0 amide bonds. The van der Waals surface area contributed by atoms with Gasteiger partial charge in [0.2, 0.25) is 0 Å². The first-order valence-corrected chi connectivity index (χ1v) is 6.13. The molecule has 15 heavy (non-hydrogen) atoms. The molecule has 0 spiro atoms. The van der Waals surface area contributed by atoms with Gasteiger partial charge >= 0.3 is 0 Å². The quantitative estimate of drug-likeness (QED) is 0.675. The van der Waals surface area contributed by atoms with Gasteiger partial charge in [-0.15, -0.1) is 0 Å². The van der Waals surface area contributed by atoms with Crippen LogP contribution < -0.4 is 0 Å². The molecule has 1 aliphatic carbocycles. The molecule has 1 fully saturated rings. The SMILES string of the molecule is CC(C)(C)CCc1ccc(C2CC2)cc1. The van der Waals surface area contributed by atoms with E-state index in [1.165, 1.54) is 31.2 Å². The Hall–Kier alpha value is -0.780. The molecule has 0 aliphatic heterocycles. The molecule has 0 heterocycles. The molecule has 0 nitrogen and oxygen atoms in total. The van der Waals surface area contributed by atoms with Gasteiger partial charge in [-0.2, -0.15) is 0 Å². The van der Waals surface area contributed by atoms with Crippen LogP contribution in [0.1, 0.15) is 57.1 Å². The molecule has 0 aromatic heterocycles. The summed E-state index contributed by atoms with van der Waals surface area (Å²) in [5, 5.41) is 0. The molecule has 0 bridgehead atoms. The highest BCUT2D eigenvalue weighted by molar-refractivity contribution is 5.28. The smallest absolute Gasteiger partial charge is 0.0162 e. The summed E-state index contributed by atoms with van der Waals surface area (Å²) in [5.74, 6) is 0.890. The zero-order valence-corrected chi connectivity index (χ0v) is 10.2. The zero-order chi connectivity index (χ0) is 10.9. The molecule has 1 saturated carbocycles. The predicted octanol–water partition coefficient (Wildman–Crippen LogP) is 4.54. The van der Waals surface area contributed by atoms with Crippen molar-refractivity contribution in [2.45, 2.75) is 52.4 Å². The normalized spacial score (nSPS) is 16.7. The van der Waals surface area contributed by atoms with Crippen LogP contribution in [0.2, 0.25) is 0 Å². The van der Waals surface area contributed by atoms with Crippen molar-refractivity contribution in [1.29, 1.82) is 0 Å². The van der Waals surface area contributed by atoms with E-state index in [1.807, 2.05) is 0 Å². The van der Waals surface area contributed by atoms with Gasteiger partial charge in [-0.3, -0.25) is 0 Å². The first-order valence-electron chi connectivity index (χ1n) is 6.13.